The van der Waals surface area contributed by atoms with Gasteiger partial charge in [-0.25, -0.2) is 14.4 Å². The highest BCUT2D eigenvalue weighted by molar-refractivity contribution is 5.91. The van der Waals surface area contributed by atoms with Gasteiger partial charge in [0, 0.05) is 0 Å². The van der Waals surface area contributed by atoms with Crippen molar-refractivity contribution in [3.63, 3.8) is 0 Å². The Bertz CT molecular complexity index is 1120. The van der Waals surface area contributed by atoms with Crippen LogP contribution in [0.2, 0.25) is 0 Å². The first-order valence-electron chi connectivity index (χ1n) is 10.6. The van der Waals surface area contributed by atoms with E-state index in [2.05, 4.69) is 0 Å². The van der Waals surface area contributed by atoms with Crippen molar-refractivity contribution in [2.24, 2.45) is 0 Å². The fourth-order valence-corrected chi connectivity index (χ4v) is 3.44. The molecule has 0 spiro atoms. The monoisotopic (exact) mass is 462 g/mol. The molecular weight excluding hydrogens is 440 g/mol. The lowest BCUT2D eigenvalue weighted by Gasteiger charge is -2.38. The molecule has 1 aliphatic heterocycles. The summed E-state index contributed by atoms with van der Waals surface area (Å²) >= 11 is 0. The molecule has 1 aliphatic rings. The van der Waals surface area contributed by atoms with Crippen molar-refractivity contribution >= 4 is 17.9 Å². The van der Waals surface area contributed by atoms with Crippen LogP contribution in [0.4, 0.5) is 0 Å². The third kappa shape index (κ3) is 5.48. The summed E-state index contributed by atoms with van der Waals surface area (Å²) in [6.07, 6.45) is -5.51. The maximum Gasteiger partial charge on any atom is 0.338 e. The van der Waals surface area contributed by atoms with Gasteiger partial charge < -0.3 is 24.1 Å². The summed E-state index contributed by atoms with van der Waals surface area (Å²) in [6.45, 7) is -0.272. The fourth-order valence-electron chi connectivity index (χ4n) is 3.44. The van der Waals surface area contributed by atoms with Crippen LogP contribution >= 0.6 is 0 Å². The Morgan fingerprint density at radius 1 is 0.618 bits per heavy atom. The average molecular weight is 462 g/mol. The van der Waals surface area contributed by atoms with Crippen molar-refractivity contribution in [3.8, 4) is 0 Å². The van der Waals surface area contributed by atoms with Crippen molar-refractivity contribution in [2.75, 3.05) is 6.61 Å². The minimum atomic E-state index is -1.60. The number of aliphatic hydroxyl groups is 1. The fraction of sp³-hybridized carbons (Fsp3) is 0.192. The number of rotatable bonds is 6. The third-order valence-corrected chi connectivity index (χ3v) is 5.18. The normalized spacial score (nSPS) is 21.8. The van der Waals surface area contributed by atoms with Crippen molar-refractivity contribution in [1.29, 1.82) is 0 Å². The molecule has 3 aromatic rings. The summed E-state index contributed by atoms with van der Waals surface area (Å²) in [5, 5.41) is 10.5. The lowest BCUT2D eigenvalue weighted by Crippen LogP contribution is -2.57. The Morgan fingerprint density at radius 2 is 1.00 bits per heavy atom. The minimum absolute atomic E-state index is 0.228. The average Bonchev–Trinajstić information content (AvgIpc) is 2.89. The number of ether oxygens (including phenoxy) is 4. The van der Waals surface area contributed by atoms with E-state index in [1.807, 2.05) is 0 Å². The van der Waals surface area contributed by atoms with Crippen LogP contribution in [-0.4, -0.2) is 54.2 Å². The van der Waals surface area contributed by atoms with E-state index >= 15 is 0 Å². The summed E-state index contributed by atoms with van der Waals surface area (Å²) in [7, 11) is 0. The second kappa shape index (κ2) is 10.7. The molecule has 0 bridgehead atoms. The van der Waals surface area contributed by atoms with E-state index in [9.17, 15) is 19.5 Å². The first-order chi connectivity index (χ1) is 16.5. The molecule has 3 aromatic carbocycles. The van der Waals surface area contributed by atoms with Crippen LogP contribution < -0.4 is 0 Å². The van der Waals surface area contributed by atoms with Crippen LogP contribution in [0, 0.1) is 0 Å². The number of benzene rings is 3. The molecule has 1 fully saturated rings. The number of hydrogen-bond acceptors (Lipinski definition) is 8. The van der Waals surface area contributed by atoms with Gasteiger partial charge in [0.1, 0.15) is 0 Å². The molecule has 0 amide bonds. The molecule has 0 radical (unpaired) electrons. The molecule has 1 unspecified atom stereocenters. The van der Waals surface area contributed by atoms with Crippen LogP contribution in [0.3, 0.4) is 0 Å². The van der Waals surface area contributed by atoms with Gasteiger partial charge in [-0.3, -0.25) is 0 Å². The zero-order valence-corrected chi connectivity index (χ0v) is 18.0. The highest BCUT2D eigenvalue weighted by Gasteiger charge is 2.47. The summed E-state index contributed by atoms with van der Waals surface area (Å²) in [5.41, 5.74) is 0.746. The Hall–Kier alpha value is -4.01. The van der Waals surface area contributed by atoms with Crippen molar-refractivity contribution in [2.45, 2.75) is 24.6 Å². The number of hydrogen-bond donors (Lipinski definition) is 1. The summed E-state index contributed by atoms with van der Waals surface area (Å²) < 4.78 is 21.9. The quantitative estimate of drug-likeness (QED) is 0.440. The van der Waals surface area contributed by atoms with E-state index in [1.54, 1.807) is 78.9 Å². The maximum atomic E-state index is 12.8. The van der Waals surface area contributed by atoms with Crippen molar-refractivity contribution < 1.29 is 38.4 Å². The molecule has 4 atom stereocenters. The van der Waals surface area contributed by atoms with Gasteiger partial charge in [0.15, 0.2) is 24.6 Å². The largest absolute Gasteiger partial charge is 0.452 e. The highest BCUT2D eigenvalue weighted by atomic mass is 16.7. The van der Waals surface area contributed by atoms with Crippen LogP contribution in [0.5, 0.6) is 0 Å². The molecule has 0 saturated carbocycles. The van der Waals surface area contributed by atoms with Crippen LogP contribution in [-0.2, 0) is 18.9 Å². The van der Waals surface area contributed by atoms with Gasteiger partial charge in [0.05, 0.1) is 23.3 Å². The second-order valence-corrected chi connectivity index (χ2v) is 7.51. The number of carbonyl (C=O) groups excluding carboxylic acids is 3. The second-order valence-electron chi connectivity index (χ2n) is 7.51. The van der Waals surface area contributed by atoms with Gasteiger partial charge in [0.25, 0.3) is 0 Å². The molecule has 0 aliphatic carbocycles. The molecule has 8 heteroatoms. The van der Waals surface area contributed by atoms with Crippen LogP contribution in [0.25, 0.3) is 0 Å². The lowest BCUT2D eigenvalue weighted by molar-refractivity contribution is -0.251. The number of esters is 3. The van der Waals surface area contributed by atoms with Crippen molar-refractivity contribution in [1.82, 2.24) is 0 Å². The molecule has 34 heavy (non-hydrogen) atoms. The molecule has 1 N–H and O–H groups in total. The van der Waals surface area contributed by atoms with Gasteiger partial charge >= 0.3 is 17.9 Å². The molecule has 0 aromatic heterocycles. The van der Waals surface area contributed by atoms with E-state index in [-0.39, 0.29) is 23.3 Å². The zero-order valence-electron chi connectivity index (χ0n) is 18.0. The standard InChI is InChI=1S/C26H22O8/c27-23(17-10-4-1-5-11-17)32-20-16-31-26(30)22(34-25(29)19-14-8-3-9-15-19)21(20)33-24(28)18-12-6-2-7-13-18/h1-15,20-22,26,30H,16H2/t20-,21+,22-,26?/m0/s1. The summed E-state index contributed by atoms with van der Waals surface area (Å²) in [6, 6.07) is 24.5. The molecule has 1 heterocycles. The Labute approximate surface area is 195 Å². The Morgan fingerprint density at radius 3 is 1.44 bits per heavy atom. The van der Waals surface area contributed by atoms with Gasteiger partial charge in [-0.1, -0.05) is 54.6 Å². The van der Waals surface area contributed by atoms with E-state index in [0.29, 0.717) is 0 Å². The van der Waals surface area contributed by atoms with E-state index in [0.717, 1.165) is 0 Å². The Balaban J connectivity index is 1.59. The molecule has 1 saturated heterocycles. The smallest absolute Gasteiger partial charge is 0.338 e. The van der Waals surface area contributed by atoms with Gasteiger partial charge in [-0.2, -0.15) is 0 Å². The third-order valence-electron chi connectivity index (χ3n) is 5.18. The molecule has 8 nitrogen and oxygen atoms in total. The summed E-state index contributed by atoms with van der Waals surface area (Å²) in [5.74, 6) is -2.18. The van der Waals surface area contributed by atoms with Gasteiger partial charge in [-0.15, -0.1) is 0 Å². The first-order valence-corrected chi connectivity index (χ1v) is 10.6. The minimum Gasteiger partial charge on any atom is -0.452 e. The van der Waals surface area contributed by atoms with Crippen molar-refractivity contribution in [3.05, 3.63) is 108 Å². The van der Waals surface area contributed by atoms with Crippen LogP contribution in [0.1, 0.15) is 31.1 Å². The van der Waals surface area contributed by atoms with E-state index < -0.39 is 42.5 Å². The lowest BCUT2D eigenvalue weighted by atomic mass is 10.0. The topological polar surface area (TPSA) is 108 Å². The molecular formula is C26H22O8. The van der Waals surface area contributed by atoms with Gasteiger partial charge in [-0.05, 0) is 36.4 Å². The molecule has 174 valence electrons. The Kier molecular flexibility index (Phi) is 7.31. The number of aliphatic hydroxyl groups excluding tert-OH is 1. The molecule has 4 rings (SSSR count). The SMILES string of the molecule is O=C(O[C@@H]1[C@@H](OC(=O)c2ccccc2)COC(O)[C@H]1OC(=O)c1ccccc1)c1ccccc1. The highest BCUT2D eigenvalue weighted by Crippen LogP contribution is 2.25. The van der Waals surface area contributed by atoms with Gasteiger partial charge in [0.2, 0.25) is 0 Å². The predicted molar refractivity (Wildman–Crippen MR) is 119 cm³/mol. The zero-order chi connectivity index (χ0) is 23.9. The first kappa shape index (κ1) is 23.2. The van der Waals surface area contributed by atoms with E-state index in [1.165, 1.54) is 12.1 Å². The maximum absolute atomic E-state index is 12.8. The predicted octanol–water partition coefficient (Wildman–Crippen LogP) is 3.01. The number of carbonyl (C=O) groups is 3. The van der Waals surface area contributed by atoms with E-state index in [4.69, 9.17) is 18.9 Å². The van der Waals surface area contributed by atoms with Crippen LogP contribution in [0.15, 0.2) is 91.0 Å². The summed E-state index contributed by atoms with van der Waals surface area (Å²) in [4.78, 5) is 38.1.